The number of ether oxygens (including phenoxy) is 1. The molecule has 0 aliphatic carbocycles. The summed E-state index contributed by atoms with van der Waals surface area (Å²) in [6.07, 6.45) is 0. The summed E-state index contributed by atoms with van der Waals surface area (Å²) in [6, 6.07) is 2.29. The highest BCUT2D eigenvalue weighted by Crippen LogP contribution is 2.23. The molecule has 0 bridgehead atoms. The van der Waals surface area contributed by atoms with Gasteiger partial charge in [-0.1, -0.05) is 0 Å². The molecule has 0 fully saturated rings. The Kier molecular flexibility index (Phi) is 3.07. The first-order valence-corrected chi connectivity index (χ1v) is 4.40. The van der Waals surface area contributed by atoms with Crippen molar-refractivity contribution >= 4 is 28.6 Å². The average Bonchev–Trinajstić information content (AvgIpc) is 2.03. The molecule has 0 spiro atoms. The number of halogens is 2. The maximum Gasteiger partial charge on any atom is 0.336 e. The molecule has 1 rings (SSSR count). The number of carboxylic acid groups (broad SMARTS) is 1. The van der Waals surface area contributed by atoms with E-state index in [9.17, 15) is 9.18 Å². The Morgan fingerprint density at radius 2 is 2.23 bits per heavy atom. The van der Waals surface area contributed by atoms with Gasteiger partial charge < -0.3 is 9.84 Å². The van der Waals surface area contributed by atoms with E-state index in [-0.39, 0.29) is 11.3 Å². The van der Waals surface area contributed by atoms with E-state index in [0.717, 1.165) is 6.07 Å². The van der Waals surface area contributed by atoms with Crippen LogP contribution in [0.1, 0.15) is 10.4 Å². The van der Waals surface area contributed by atoms with Crippen LogP contribution in [0.2, 0.25) is 0 Å². The quantitative estimate of drug-likeness (QED) is 0.851. The van der Waals surface area contributed by atoms with E-state index in [4.69, 9.17) is 5.11 Å². The van der Waals surface area contributed by atoms with Crippen molar-refractivity contribution in [3.63, 3.8) is 0 Å². The summed E-state index contributed by atoms with van der Waals surface area (Å²) in [7, 11) is 1.29. The Hall–Kier alpha value is -0.850. The minimum absolute atomic E-state index is 0.0406. The molecule has 70 valence electrons. The van der Waals surface area contributed by atoms with Crippen LogP contribution in [-0.4, -0.2) is 18.2 Å². The second kappa shape index (κ2) is 3.91. The molecule has 0 saturated carbocycles. The van der Waals surface area contributed by atoms with Gasteiger partial charge >= 0.3 is 5.97 Å². The van der Waals surface area contributed by atoms with Gasteiger partial charge in [-0.05, 0) is 34.7 Å². The normalized spacial score (nSPS) is 9.77. The SMILES string of the molecule is COc1cc(C(=O)O)c(I)cc1F. The number of carbonyl (C=O) groups is 1. The van der Waals surface area contributed by atoms with Gasteiger partial charge in [0.25, 0.3) is 0 Å². The predicted octanol–water partition coefficient (Wildman–Crippen LogP) is 2.14. The van der Waals surface area contributed by atoms with E-state index in [1.54, 1.807) is 22.6 Å². The number of rotatable bonds is 2. The summed E-state index contributed by atoms with van der Waals surface area (Å²) in [6.45, 7) is 0. The molecule has 0 saturated heterocycles. The molecule has 0 aliphatic rings. The summed E-state index contributed by atoms with van der Waals surface area (Å²) >= 11 is 1.76. The van der Waals surface area contributed by atoms with Crippen molar-refractivity contribution in [3.05, 3.63) is 27.1 Å². The zero-order chi connectivity index (χ0) is 10.0. The lowest BCUT2D eigenvalue weighted by atomic mass is 10.2. The van der Waals surface area contributed by atoms with Crippen molar-refractivity contribution in [2.45, 2.75) is 0 Å². The summed E-state index contributed by atoms with van der Waals surface area (Å²) in [5.74, 6) is -1.71. The topological polar surface area (TPSA) is 46.5 Å². The number of methoxy groups -OCH3 is 1. The molecule has 0 aromatic heterocycles. The van der Waals surface area contributed by atoms with Gasteiger partial charge in [0, 0.05) is 3.57 Å². The van der Waals surface area contributed by atoms with Gasteiger partial charge in [0.2, 0.25) is 0 Å². The monoisotopic (exact) mass is 296 g/mol. The number of hydrogen-bond donors (Lipinski definition) is 1. The van der Waals surface area contributed by atoms with Gasteiger partial charge in [0.15, 0.2) is 11.6 Å². The van der Waals surface area contributed by atoms with Gasteiger partial charge in [0.05, 0.1) is 12.7 Å². The van der Waals surface area contributed by atoms with Gasteiger partial charge in [-0.2, -0.15) is 0 Å². The van der Waals surface area contributed by atoms with Crippen molar-refractivity contribution in [2.75, 3.05) is 7.11 Å². The number of aromatic carboxylic acids is 1. The first-order valence-electron chi connectivity index (χ1n) is 3.32. The van der Waals surface area contributed by atoms with Crippen molar-refractivity contribution in [2.24, 2.45) is 0 Å². The molecule has 5 heteroatoms. The molecule has 1 aromatic carbocycles. The van der Waals surface area contributed by atoms with Crippen LogP contribution < -0.4 is 4.74 Å². The van der Waals surface area contributed by atoms with Crippen molar-refractivity contribution in [1.82, 2.24) is 0 Å². The Bertz CT molecular complexity index is 351. The van der Waals surface area contributed by atoms with E-state index in [0.29, 0.717) is 3.57 Å². The van der Waals surface area contributed by atoms with Crippen molar-refractivity contribution < 1.29 is 19.0 Å². The minimum Gasteiger partial charge on any atom is -0.494 e. The third-order valence-electron chi connectivity index (χ3n) is 1.47. The highest BCUT2D eigenvalue weighted by molar-refractivity contribution is 14.1. The van der Waals surface area contributed by atoms with Crippen LogP contribution in [0.5, 0.6) is 5.75 Å². The fraction of sp³-hybridized carbons (Fsp3) is 0.125. The third kappa shape index (κ3) is 2.09. The number of hydrogen-bond acceptors (Lipinski definition) is 2. The van der Waals surface area contributed by atoms with Crippen LogP contribution >= 0.6 is 22.6 Å². The Morgan fingerprint density at radius 3 is 2.69 bits per heavy atom. The largest absolute Gasteiger partial charge is 0.494 e. The van der Waals surface area contributed by atoms with Crippen LogP contribution in [-0.2, 0) is 0 Å². The average molecular weight is 296 g/mol. The Labute approximate surface area is 87.7 Å². The fourth-order valence-electron chi connectivity index (χ4n) is 0.849. The molecule has 1 aromatic rings. The standard InChI is InChI=1S/C8H6FIO3/c1-13-7-2-4(8(11)12)6(10)3-5(7)9/h2-3H,1H3,(H,11,12). The van der Waals surface area contributed by atoms with Gasteiger partial charge in [0.1, 0.15) is 0 Å². The maximum absolute atomic E-state index is 13.0. The Balaban J connectivity index is 3.30. The molecule has 0 atom stereocenters. The first-order chi connectivity index (χ1) is 6.06. The minimum atomic E-state index is -1.09. The number of benzene rings is 1. The lowest BCUT2D eigenvalue weighted by molar-refractivity contribution is 0.0695. The van der Waals surface area contributed by atoms with Crippen LogP contribution in [0.3, 0.4) is 0 Å². The molecule has 0 amide bonds. The van der Waals surface area contributed by atoms with Gasteiger partial charge in [-0.25, -0.2) is 9.18 Å². The van der Waals surface area contributed by atoms with E-state index in [2.05, 4.69) is 4.74 Å². The Morgan fingerprint density at radius 1 is 1.62 bits per heavy atom. The van der Waals surface area contributed by atoms with E-state index in [1.807, 2.05) is 0 Å². The second-order valence-corrected chi connectivity index (χ2v) is 3.43. The fourth-order valence-corrected chi connectivity index (χ4v) is 1.51. The van der Waals surface area contributed by atoms with Crippen molar-refractivity contribution in [1.29, 1.82) is 0 Å². The molecule has 0 heterocycles. The molecule has 0 unspecified atom stereocenters. The van der Waals surface area contributed by atoms with Crippen LogP contribution in [0.25, 0.3) is 0 Å². The molecule has 0 radical (unpaired) electrons. The molecular weight excluding hydrogens is 290 g/mol. The smallest absolute Gasteiger partial charge is 0.336 e. The zero-order valence-corrected chi connectivity index (χ0v) is 8.83. The lowest BCUT2D eigenvalue weighted by Crippen LogP contribution is -2.01. The van der Waals surface area contributed by atoms with E-state index in [1.165, 1.54) is 13.2 Å². The number of carboxylic acids is 1. The summed E-state index contributed by atoms with van der Waals surface area (Å²) in [5, 5.41) is 8.69. The highest BCUT2D eigenvalue weighted by atomic mass is 127. The first kappa shape index (κ1) is 10.2. The lowest BCUT2D eigenvalue weighted by Gasteiger charge is -2.04. The molecule has 13 heavy (non-hydrogen) atoms. The van der Waals surface area contributed by atoms with E-state index >= 15 is 0 Å². The molecule has 3 nitrogen and oxygen atoms in total. The maximum atomic E-state index is 13.0. The van der Waals surface area contributed by atoms with Gasteiger partial charge in [-0.3, -0.25) is 0 Å². The second-order valence-electron chi connectivity index (χ2n) is 2.27. The molecule has 1 N–H and O–H groups in total. The predicted molar refractivity (Wildman–Crippen MR) is 52.6 cm³/mol. The molecule has 0 aliphatic heterocycles. The van der Waals surface area contributed by atoms with Crippen molar-refractivity contribution in [3.8, 4) is 5.75 Å². The van der Waals surface area contributed by atoms with Crippen LogP contribution in [0.4, 0.5) is 4.39 Å². The molecular formula is C8H6FIO3. The zero-order valence-electron chi connectivity index (χ0n) is 6.67. The van der Waals surface area contributed by atoms with Crippen LogP contribution in [0, 0.1) is 9.39 Å². The van der Waals surface area contributed by atoms with E-state index < -0.39 is 11.8 Å². The van der Waals surface area contributed by atoms with Gasteiger partial charge in [-0.15, -0.1) is 0 Å². The third-order valence-corrected chi connectivity index (χ3v) is 2.36. The summed E-state index contributed by atoms with van der Waals surface area (Å²) in [4.78, 5) is 10.6. The summed E-state index contributed by atoms with van der Waals surface area (Å²) in [5.41, 5.74) is 0.0406. The summed E-state index contributed by atoms with van der Waals surface area (Å²) < 4.78 is 18.0. The van der Waals surface area contributed by atoms with Crippen LogP contribution in [0.15, 0.2) is 12.1 Å². The highest BCUT2D eigenvalue weighted by Gasteiger charge is 2.13.